The van der Waals surface area contributed by atoms with Crippen LogP contribution in [-0.4, -0.2) is 44.5 Å². The Kier molecular flexibility index (Phi) is 7.73. The number of anilines is 1. The van der Waals surface area contributed by atoms with Crippen molar-refractivity contribution in [2.24, 2.45) is 7.05 Å². The van der Waals surface area contributed by atoms with Crippen molar-refractivity contribution >= 4 is 17.5 Å². The lowest BCUT2D eigenvalue weighted by Gasteiger charge is -2.19. The minimum Gasteiger partial charge on any atom is -0.444 e. The maximum atomic E-state index is 11.6. The topological polar surface area (TPSA) is 124 Å². The number of benzene rings is 1. The summed E-state index contributed by atoms with van der Waals surface area (Å²) < 4.78 is 6.98. The maximum Gasteiger partial charge on any atom is 0.407 e. The number of nitrogens with one attached hydrogen (secondary N) is 2. The van der Waals surface area contributed by atoms with Crippen LogP contribution >= 0.6 is 0 Å². The summed E-state index contributed by atoms with van der Waals surface area (Å²) in [6, 6.07) is 4.91. The third-order valence-electron chi connectivity index (χ3n) is 4.40. The van der Waals surface area contributed by atoms with E-state index in [9.17, 15) is 14.9 Å². The van der Waals surface area contributed by atoms with E-state index in [0.29, 0.717) is 30.2 Å². The van der Waals surface area contributed by atoms with Gasteiger partial charge in [0.15, 0.2) is 5.82 Å². The fraction of sp³-hybridized carbons (Fsp3) is 0.550. The fourth-order valence-electron chi connectivity index (χ4n) is 2.85. The number of alkyl carbamates (subject to hydrolysis) is 1. The molecule has 0 bridgehead atoms. The molecular formula is C20H30N6O4. The van der Waals surface area contributed by atoms with Gasteiger partial charge in [0.25, 0.3) is 5.69 Å². The van der Waals surface area contributed by atoms with Crippen LogP contribution < -0.4 is 10.6 Å². The number of carbonyl (C=O) groups excluding carboxylic acids is 1. The highest BCUT2D eigenvalue weighted by Gasteiger charge is 2.21. The van der Waals surface area contributed by atoms with Crippen molar-refractivity contribution in [2.45, 2.75) is 52.6 Å². The van der Waals surface area contributed by atoms with Crippen molar-refractivity contribution in [3.8, 4) is 11.4 Å². The molecule has 1 heterocycles. The minimum absolute atomic E-state index is 0.000236. The summed E-state index contributed by atoms with van der Waals surface area (Å²) in [5, 5.41) is 25.6. The molecule has 0 aliphatic heterocycles. The van der Waals surface area contributed by atoms with Gasteiger partial charge < -0.3 is 19.9 Å². The number of nitro groups is 1. The van der Waals surface area contributed by atoms with E-state index in [1.54, 1.807) is 16.7 Å². The average molecular weight is 418 g/mol. The normalized spacial score (nSPS) is 11.2. The van der Waals surface area contributed by atoms with Gasteiger partial charge in [-0.25, -0.2) is 4.79 Å². The molecule has 2 aromatic rings. The SMILES string of the molecule is Cc1nnc(-c2cccc([N+](=O)[O-])c2NCCCCCNC(=O)OC(C)(C)C)n1C. The Morgan fingerprint density at radius 3 is 2.50 bits per heavy atom. The smallest absolute Gasteiger partial charge is 0.407 e. The van der Waals surface area contributed by atoms with E-state index in [1.807, 2.05) is 34.7 Å². The van der Waals surface area contributed by atoms with Crippen molar-refractivity contribution in [1.29, 1.82) is 0 Å². The summed E-state index contributed by atoms with van der Waals surface area (Å²) in [4.78, 5) is 22.7. The predicted molar refractivity (Wildman–Crippen MR) is 114 cm³/mol. The van der Waals surface area contributed by atoms with Crippen molar-refractivity contribution in [2.75, 3.05) is 18.4 Å². The highest BCUT2D eigenvalue weighted by molar-refractivity contribution is 5.81. The summed E-state index contributed by atoms with van der Waals surface area (Å²) in [5.41, 5.74) is 0.556. The first-order valence-corrected chi connectivity index (χ1v) is 9.94. The van der Waals surface area contributed by atoms with Crippen LogP contribution in [0.15, 0.2) is 18.2 Å². The van der Waals surface area contributed by atoms with Gasteiger partial charge in [-0.15, -0.1) is 10.2 Å². The highest BCUT2D eigenvalue weighted by Crippen LogP contribution is 2.34. The van der Waals surface area contributed by atoms with E-state index in [-0.39, 0.29) is 5.69 Å². The molecular weight excluding hydrogens is 388 g/mol. The molecule has 0 saturated carbocycles. The zero-order chi connectivity index (χ0) is 22.3. The van der Waals surface area contributed by atoms with E-state index in [1.165, 1.54) is 6.07 Å². The molecule has 0 unspecified atom stereocenters. The molecule has 164 valence electrons. The second kappa shape index (κ2) is 10.0. The summed E-state index contributed by atoms with van der Waals surface area (Å²) in [6.45, 7) is 8.35. The largest absolute Gasteiger partial charge is 0.444 e. The third-order valence-corrected chi connectivity index (χ3v) is 4.40. The van der Waals surface area contributed by atoms with Crippen molar-refractivity contribution in [3.05, 3.63) is 34.1 Å². The number of amides is 1. The van der Waals surface area contributed by atoms with Gasteiger partial charge >= 0.3 is 6.09 Å². The number of aromatic nitrogens is 3. The number of nitro benzene ring substituents is 1. The lowest BCUT2D eigenvalue weighted by molar-refractivity contribution is -0.383. The van der Waals surface area contributed by atoms with Gasteiger partial charge in [0.05, 0.1) is 4.92 Å². The molecule has 1 aromatic carbocycles. The Morgan fingerprint density at radius 2 is 1.90 bits per heavy atom. The minimum atomic E-state index is -0.516. The zero-order valence-electron chi connectivity index (χ0n) is 18.2. The van der Waals surface area contributed by atoms with Gasteiger partial charge in [0.1, 0.15) is 17.1 Å². The first kappa shape index (κ1) is 23.1. The number of hydrogen-bond donors (Lipinski definition) is 2. The third kappa shape index (κ3) is 6.43. The van der Waals surface area contributed by atoms with Crippen LogP contribution in [0.25, 0.3) is 11.4 Å². The average Bonchev–Trinajstić information content (AvgIpc) is 2.98. The van der Waals surface area contributed by atoms with Crippen LogP contribution in [0.5, 0.6) is 0 Å². The second-order valence-corrected chi connectivity index (χ2v) is 8.00. The number of para-hydroxylation sites is 1. The molecule has 2 N–H and O–H groups in total. The molecule has 2 rings (SSSR count). The molecule has 1 aromatic heterocycles. The van der Waals surface area contributed by atoms with Crippen LogP contribution in [0.4, 0.5) is 16.2 Å². The van der Waals surface area contributed by atoms with Gasteiger partial charge in [0.2, 0.25) is 0 Å². The number of ether oxygens (including phenoxy) is 1. The second-order valence-electron chi connectivity index (χ2n) is 8.00. The molecule has 30 heavy (non-hydrogen) atoms. The van der Waals surface area contributed by atoms with Gasteiger partial charge in [-0.3, -0.25) is 10.1 Å². The summed E-state index contributed by atoms with van der Waals surface area (Å²) >= 11 is 0. The number of hydrogen-bond acceptors (Lipinski definition) is 7. The van der Waals surface area contributed by atoms with Crippen LogP contribution in [0.2, 0.25) is 0 Å². The number of aryl methyl sites for hydroxylation is 1. The lowest BCUT2D eigenvalue weighted by Crippen LogP contribution is -2.33. The van der Waals surface area contributed by atoms with E-state index in [4.69, 9.17) is 4.74 Å². The molecule has 10 nitrogen and oxygen atoms in total. The Balaban J connectivity index is 1.91. The molecule has 0 fully saturated rings. The number of nitrogens with zero attached hydrogens (tertiary/aromatic N) is 4. The van der Waals surface area contributed by atoms with Crippen molar-refractivity contribution < 1.29 is 14.5 Å². The van der Waals surface area contributed by atoms with Crippen molar-refractivity contribution in [3.63, 3.8) is 0 Å². The summed E-state index contributed by atoms with van der Waals surface area (Å²) in [5.74, 6) is 1.29. The monoisotopic (exact) mass is 418 g/mol. The van der Waals surface area contributed by atoms with Gasteiger partial charge in [-0.1, -0.05) is 6.07 Å². The number of unbranched alkanes of at least 4 members (excludes halogenated alkanes) is 2. The maximum absolute atomic E-state index is 11.6. The molecule has 0 aliphatic carbocycles. The van der Waals surface area contributed by atoms with E-state index in [0.717, 1.165) is 25.1 Å². The summed E-state index contributed by atoms with van der Waals surface area (Å²) in [7, 11) is 1.82. The predicted octanol–water partition coefficient (Wildman–Crippen LogP) is 3.81. The highest BCUT2D eigenvalue weighted by atomic mass is 16.6. The molecule has 0 spiro atoms. The molecule has 10 heteroatoms. The standard InChI is InChI=1S/C20H30N6O4/c1-14-23-24-18(25(14)5)15-10-9-11-16(26(28)29)17(15)21-12-7-6-8-13-22-19(27)30-20(2,3)4/h9-11,21H,6-8,12-13H2,1-5H3,(H,22,27). The molecule has 0 atom stereocenters. The first-order valence-electron chi connectivity index (χ1n) is 9.94. The van der Waals surface area contributed by atoms with Crippen LogP contribution in [0, 0.1) is 17.0 Å². The molecule has 1 amide bonds. The van der Waals surface area contributed by atoms with Gasteiger partial charge in [0, 0.05) is 31.8 Å². The van der Waals surface area contributed by atoms with E-state index < -0.39 is 16.6 Å². The molecule has 0 aliphatic rings. The first-order chi connectivity index (χ1) is 14.1. The van der Waals surface area contributed by atoms with Gasteiger partial charge in [-0.05, 0) is 53.0 Å². The quantitative estimate of drug-likeness (QED) is 0.360. The fourth-order valence-corrected chi connectivity index (χ4v) is 2.85. The molecule has 0 radical (unpaired) electrons. The Labute approximate surface area is 176 Å². The van der Waals surface area contributed by atoms with E-state index in [2.05, 4.69) is 20.8 Å². The lowest BCUT2D eigenvalue weighted by atomic mass is 10.1. The van der Waals surface area contributed by atoms with E-state index >= 15 is 0 Å². The Bertz CT molecular complexity index is 888. The Morgan fingerprint density at radius 1 is 1.20 bits per heavy atom. The van der Waals surface area contributed by atoms with Crippen LogP contribution in [-0.2, 0) is 11.8 Å². The van der Waals surface area contributed by atoms with Crippen LogP contribution in [0.1, 0.15) is 45.9 Å². The number of carbonyl (C=O) groups is 1. The summed E-state index contributed by atoms with van der Waals surface area (Å²) in [6.07, 6.45) is 2.00. The molecule has 0 saturated heterocycles. The zero-order valence-corrected chi connectivity index (χ0v) is 18.2. The van der Waals surface area contributed by atoms with Crippen LogP contribution in [0.3, 0.4) is 0 Å². The van der Waals surface area contributed by atoms with Crippen molar-refractivity contribution in [1.82, 2.24) is 20.1 Å². The Hall–Kier alpha value is -3.17. The number of rotatable bonds is 9. The van der Waals surface area contributed by atoms with Gasteiger partial charge in [-0.2, -0.15) is 0 Å².